The lowest BCUT2D eigenvalue weighted by Gasteiger charge is -2.28. The number of anilines is 2. The van der Waals surface area contributed by atoms with Crippen LogP contribution in [0.5, 0.6) is 0 Å². The highest BCUT2D eigenvalue weighted by Crippen LogP contribution is 2.44. The molecule has 0 radical (unpaired) electrons. The highest BCUT2D eigenvalue weighted by molar-refractivity contribution is 7.80. The number of para-hydroxylation sites is 1. The van der Waals surface area contributed by atoms with Crippen LogP contribution < -0.4 is 15.5 Å². The van der Waals surface area contributed by atoms with Crippen molar-refractivity contribution in [3.63, 3.8) is 0 Å². The van der Waals surface area contributed by atoms with Crippen molar-refractivity contribution in [2.45, 2.75) is 25.9 Å². The number of nitrogens with zero attached hydrogens (tertiary/aromatic N) is 3. The molecule has 194 valence electrons. The van der Waals surface area contributed by atoms with E-state index in [1.165, 1.54) is 13.2 Å². The average Bonchev–Trinajstić information content (AvgIpc) is 3.40. The molecule has 3 heterocycles. The van der Waals surface area contributed by atoms with Gasteiger partial charge in [-0.15, -0.1) is 0 Å². The number of rotatable bonds is 7. The molecule has 1 aliphatic heterocycles. The number of ether oxygens (including phenoxy) is 1. The minimum Gasteiger partial charge on any atom is -0.375 e. The van der Waals surface area contributed by atoms with Gasteiger partial charge in [-0.3, -0.25) is 9.78 Å². The zero-order valence-corrected chi connectivity index (χ0v) is 22.1. The van der Waals surface area contributed by atoms with Crippen LogP contribution in [-0.4, -0.2) is 34.3 Å². The van der Waals surface area contributed by atoms with Crippen LogP contribution in [0, 0.1) is 19.7 Å². The molecule has 2 unspecified atom stereocenters. The number of amides is 1. The highest BCUT2D eigenvalue weighted by Gasteiger charge is 2.42. The highest BCUT2D eigenvalue weighted by atomic mass is 32.1. The van der Waals surface area contributed by atoms with E-state index in [1.54, 1.807) is 18.3 Å². The van der Waals surface area contributed by atoms with Crippen LogP contribution in [-0.2, 0) is 9.53 Å². The molecule has 0 spiro atoms. The van der Waals surface area contributed by atoms with Gasteiger partial charge in [-0.1, -0.05) is 18.2 Å². The molecular weight excluding hydrogens is 501 g/mol. The first-order valence-electron chi connectivity index (χ1n) is 12.2. The van der Waals surface area contributed by atoms with Crippen molar-refractivity contribution in [2.24, 2.45) is 0 Å². The fourth-order valence-electron chi connectivity index (χ4n) is 5.07. The van der Waals surface area contributed by atoms with Gasteiger partial charge in [0.15, 0.2) is 5.11 Å². The lowest BCUT2D eigenvalue weighted by Crippen LogP contribution is -2.29. The van der Waals surface area contributed by atoms with Crippen molar-refractivity contribution in [3.8, 4) is 5.69 Å². The average molecular weight is 530 g/mol. The number of methoxy groups -OCH3 is 1. The maximum atomic E-state index is 14.8. The molecule has 0 aliphatic carbocycles. The molecule has 0 saturated carbocycles. The third-order valence-electron chi connectivity index (χ3n) is 6.69. The molecule has 1 aliphatic rings. The van der Waals surface area contributed by atoms with Crippen LogP contribution in [0.4, 0.5) is 15.8 Å². The van der Waals surface area contributed by atoms with Gasteiger partial charge in [-0.05, 0) is 86.2 Å². The second-order valence-corrected chi connectivity index (χ2v) is 9.52. The number of thiocarbonyl (C=S) groups is 1. The van der Waals surface area contributed by atoms with Crippen LogP contribution in [0.2, 0.25) is 0 Å². The van der Waals surface area contributed by atoms with E-state index in [0.29, 0.717) is 16.5 Å². The third kappa shape index (κ3) is 4.78. The predicted molar refractivity (Wildman–Crippen MR) is 150 cm³/mol. The number of hydrogen-bond donors (Lipinski definition) is 2. The Labute approximate surface area is 226 Å². The summed E-state index contributed by atoms with van der Waals surface area (Å²) in [4.78, 5) is 18.6. The Morgan fingerprint density at radius 2 is 1.84 bits per heavy atom. The molecule has 2 N–H and O–H groups in total. The van der Waals surface area contributed by atoms with Crippen molar-refractivity contribution >= 4 is 34.6 Å². The Morgan fingerprint density at radius 3 is 2.53 bits per heavy atom. The molecule has 2 aromatic heterocycles. The summed E-state index contributed by atoms with van der Waals surface area (Å²) in [5, 5.41) is 6.83. The minimum atomic E-state index is -0.287. The molecular formula is C29H28FN5O2S. The molecule has 7 nitrogen and oxygen atoms in total. The summed E-state index contributed by atoms with van der Waals surface area (Å²) >= 11 is 5.85. The summed E-state index contributed by atoms with van der Waals surface area (Å²) in [5.74, 6) is -0.516. The molecule has 2 atom stereocenters. The molecule has 1 amide bonds. The van der Waals surface area contributed by atoms with E-state index in [-0.39, 0.29) is 30.4 Å². The molecule has 1 fully saturated rings. The lowest BCUT2D eigenvalue weighted by atomic mass is 9.96. The van der Waals surface area contributed by atoms with Gasteiger partial charge in [0.2, 0.25) is 5.91 Å². The molecule has 5 rings (SSSR count). The Balaban J connectivity index is 1.59. The van der Waals surface area contributed by atoms with Crippen LogP contribution in [0.1, 0.15) is 34.7 Å². The Kier molecular flexibility index (Phi) is 7.22. The van der Waals surface area contributed by atoms with E-state index in [1.807, 2.05) is 66.9 Å². The largest absolute Gasteiger partial charge is 0.375 e. The van der Waals surface area contributed by atoms with E-state index >= 15 is 0 Å². The van der Waals surface area contributed by atoms with Gasteiger partial charge < -0.3 is 24.8 Å². The topological polar surface area (TPSA) is 71.4 Å². The maximum Gasteiger partial charge on any atom is 0.250 e. The smallest absolute Gasteiger partial charge is 0.250 e. The van der Waals surface area contributed by atoms with Gasteiger partial charge >= 0.3 is 0 Å². The standard InChI is InChI=1S/C29H28FN5O2S/c1-18-16-22(19(2)34(18)25-10-5-4-8-23(25)30)28-27(24-9-6-7-15-31-24)33-29(38)35(28)21-13-11-20(12-14-21)32-26(36)17-37-3/h4-16,27-28H,17H2,1-3H3,(H,32,36)(H,33,38). The van der Waals surface area contributed by atoms with Crippen molar-refractivity contribution in [1.29, 1.82) is 0 Å². The minimum absolute atomic E-state index is 0.0205. The number of halogens is 1. The van der Waals surface area contributed by atoms with Gasteiger partial charge in [0.1, 0.15) is 12.4 Å². The van der Waals surface area contributed by atoms with Crippen molar-refractivity contribution in [2.75, 3.05) is 23.9 Å². The van der Waals surface area contributed by atoms with Gasteiger partial charge in [-0.25, -0.2) is 4.39 Å². The number of pyridine rings is 1. The number of benzene rings is 2. The monoisotopic (exact) mass is 529 g/mol. The maximum absolute atomic E-state index is 14.8. The normalized spacial score (nSPS) is 16.9. The van der Waals surface area contributed by atoms with Gasteiger partial charge in [0.05, 0.1) is 23.5 Å². The summed E-state index contributed by atoms with van der Waals surface area (Å²) in [5.41, 5.74) is 5.69. The molecule has 9 heteroatoms. The number of carbonyl (C=O) groups is 1. The van der Waals surface area contributed by atoms with E-state index in [2.05, 4.69) is 26.6 Å². The SMILES string of the molecule is COCC(=O)Nc1ccc(N2C(=S)NC(c3ccccn3)C2c2cc(C)n(-c3ccccc3F)c2C)cc1. The summed E-state index contributed by atoms with van der Waals surface area (Å²) < 4.78 is 21.7. The van der Waals surface area contributed by atoms with Gasteiger partial charge in [0, 0.05) is 36.1 Å². The first-order valence-corrected chi connectivity index (χ1v) is 12.6. The fourth-order valence-corrected chi connectivity index (χ4v) is 5.42. The first-order chi connectivity index (χ1) is 18.4. The second kappa shape index (κ2) is 10.7. The second-order valence-electron chi connectivity index (χ2n) is 9.14. The zero-order chi connectivity index (χ0) is 26.8. The molecule has 38 heavy (non-hydrogen) atoms. The summed E-state index contributed by atoms with van der Waals surface area (Å²) in [6.07, 6.45) is 1.76. The molecule has 2 aromatic carbocycles. The zero-order valence-electron chi connectivity index (χ0n) is 21.3. The van der Waals surface area contributed by atoms with Gasteiger partial charge in [0.25, 0.3) is 0 Å². The molecule has 4 aromatic rings. The van der Waals surface area contributed by atoms with Crippen LogP contribution >= 0.6 is 12.2 Å². The van der Waals surface area contributed by atoms with Crippen LogP contribution in [0.3, 0.4) is 0 Å². The lowest BCUT2D eigenvalue weighted by molar-refractivity contribution is -0.119. The van der Waals surface area contributed by atoms with E-state index in [9.17, 15) is 9.18 Å². The Bertz CT molecular complexity index is 1470. The van der Waals surface area contributed by atoms with Crippen molar-refractivity contribution in [3.05, 3.63) is 107 Å². The van der Waals surface area contributed by atoms with Crippen molar-refractivity contribution < 1.29 is 13.9 Å². The number of nitrogens with one attached hydrogen (secondary N) is 2. The van der Waals surface area contributed by atoms with Crippen LogP contribution in [0.15, 0.2) is 79.0 Å². The van der Waals surface area contributed by atoms with Crippen molar-refractivity contribution in [1.82, 2.24) is 14.9 Å². The quantitative estimate of drug-likeness (QED) is 0.313. The summed E-state index contributed by atoms with van der Waals surface area (Å²) in [6.45, 7) is 3.95. The third-order valence-corrected chi connectivity index (χ3v) is 7.00. The summed E-state index contributed by atoms with van der Waals surface area (Å²) in [6, 6.07) is 21.7. The number of carbonyl (C=O) groups excluding carboxylic acids is 1. The number of aryl methyl sites for hydroxylation is 1. The predicted octanol–water partition coefficient (Wildman–Crippen LogP) is 5.39. The molecule has 0 bridgehead atoms. The van der Waals surface area contributed by atoms with E-state index in [4.69, 9.17) is 17.0 Å². The fraction of sp³-hybridized carbons (Fsp3) is 0.207. The first kappa shape index (κ1) is 25.6. The van der Waals surface area contributed by atoms with E-state index in [0.717, 1.165) is 28.3 Å². The molecule has 1 saturated heterocycles. The number of hydrogen-bond acceptors (Lipinski definition) is 4. The summed E-state index contributed by atoms with van der Waals surface area (Å²) in [7, 11) is 1.48. The Hall–Kier alpha value is -4.08. The van der Waals surface area contributed by atoms with E-state index < -0.39 is 0 Å². The van der Waals surface area contributed by atoms with Gasteiger partial charge in [-0.2, -0.15) is 0 Å². The van der Waals surface area contributed by atoms with Crippen LogP contribution in [0.25, 0.3) is 5.69 Å². The Morgan fingerprint density at radius 1 is 1.11 bits per heavy atom. The number of aromatic nitrogens is 2.